The van der Waals surface area contributed by atoms with Gasteiger partial charge in [-0.2, -0.15) is 0 Å². The fourth-order valence-corrected chi connectivity index (χ4v) is 3.83. The number of hydrogen-bond donors (Lipinski definition) is 0. The molecule has 0 radical (unpaired) electrons. The second kappa shape index (κ2) is 6.38. The summed E-state index contributed by atoms with van der Waals surface area (Å²) in [6.07, 6.45) is 0.274. The van der Waals surface area contributed by atoms with E-state index in [1.54, 1.807) is 11.3 Å². The highest BCUT2D eigenvalue weighted by Crippen LogP contribution is 2.37. The van der Waals surface area contributed by atoms with Gasteiger partial charge in [-0.25, -0.2) is 0 Å². The summed E-state index contributed by atoms with van der Waals surface area (Å²) in [5, 5.41) is 5.06. The zero-order valence-corrected chi connectivity index (χ0v) is 13.7. The molecule has 0 amide bonds. The highest BCUT2D eigenvalue weighted by atomic mass is 32.1. The van der Waals surface area contributed by atoms with Crippen LogP contribution in [0.25, 0.3) is 20.9 Å². The van der Waals surface area contributed by atoms with E-state index in [-0.39, 0.29) is 24.8 Å². The van der Waals surface area contributed by atoms with Crippen molar-refractivity contribution in [1.82, 2.24) is 0 Å². The number of benzene rings is 2. The van der Waals surface area contributed by atoms with Crippen LogP contribution in [0.5, 0.6) is 0 Å². The van der Waals surface area contributed by atoms with Crippen LogP contribution in [0.4, 0.5) is 0 Å². The molecule has 0 aliphatic heterocycles. The Labute approximate surface area is 137 Å². The fraction of sp³-hybridized carbons (Fsp3) is 0.222. The van der Waals surface area contributed by atoms with E-state index in [1.807, 2.05) is 35.7 Å². The van der Waals surface area contributed by atoms with Crippen molar-refractivity contribution in [3.63, 3.8) is 0 Å². The number of methoxy groups -OCH3 is 2. The number of rotatable bonds is 4. The molecular weight excluding hydrogens is 312 g/mol. The van der Waals surface area contributed by atoms with E-state index in [0.29, 0.717) is 0 Å². The van der Waals surface area contributed by atoms with Crippen molar-refractivity contribution in [1.29, 1.82) is 0 Å². The average molecular weight is 328 g/mol. The number of ether oxygens (including phenoxy) is 2. The molecule has 0 fully saturated rings. The first-order valence-corrected chi connectivity index (χ1v) is 8.07. The molecule has 4 nitrogen and oxygen atoms in total. The van der Waals surface area contributed by atoms with E-state index < -0.39 is 0 Å². The number of esters is 2. The van der Waals surface area contributed by atoms with Crippen LogP contribution in [0.1, 0.15) is 11.1 Å². The quantitative estimate of drug-likeness (QED) is 0.688. The van der Waals surface area contributed by atoms with Gasteiger partial charge in [-0.15, -0.1) is 11.3 Å². The summed E-state index contributed by atoms with van der Waals surface area (Å²) in [7, 11) is 2.74. The number of carbonyl (C=O) groups is 2. The maximum atomic E-state index is 11.9. The van der Waals surface area contributed by atoms with Gasteiger partial charge in [0.15, 0.2) is 0 Å². The topological polar surface area (TPSA) is 52.6 Å². The van der Waals surface area contributed by atoms with Crippen molar-refractivity contribution < 1.29 is 19.1 Å². The Morgan fingerprint density at radius 2 is 1.43 bits per heavy atom. The van der Waals surface area contributed by atoms with Gasteiger partial charge in [-0.05, 0) is 38.7 Å². The zero-order valence-electron chi connectivity index (χ0n) is 12.9. The lowest BCUT2D eigenvalue weighted by Crippen LogP contribution is -2.12. The van der Waals surface area contributed by atoms with Crippen LogP contribution in [-0.4, -0.2) is 26.2 Å². The van der Waals surface area contributed by atoms with Crippen molar-refractivity contribution >= 4 is 44.1 Å². The highest BCUT2D eigenvalue weighted by molar-refractivity contribution is 7.18. The Morgan fingerprint density at radius 1 is 0.870 bits per heavy atom. The fourth-order valence-electron chi connectivity index (χ4n) is 2.86. The lowest BCUT2D eigenvalue weighted by atomic mass is 9.92. The summed E-state index contributed by atoms with van der Waals surface area (Å²) < 4.78 is 10.8. The maximum Gasteiger partial charge on any atom is 0.310 e. The molecule has 3 rings (SSSR count). The van der Waals surface area contributed by atoms with Gasteiger partial charge < -0.3 is 9.47 Å². The first kappa shape index (κ1) is 15.5. The Morgan fingerprint density at radius 3 is 2.04 bits per heavy atom. The first-order chi connectivity index (χ1) is 11.2. The molecule has 1 aromatic heterocycles. The molecule has 1 heterocycles. The summed E-state index contributed by atoms with van der Waals surface area (Å²) in [6, 6.07) is 9.92. The predicted octanol–water partition coefficient (Wildman–Crippen LogP) is 3.49. The molecule has 0 N–H and O–H groups in total. The number of thiophene rings is 1. The highest BCUT2D eigenvalue weighted by Gasteiger charge is 2.19. The first-order valence-electron chi connectivity index (χ1n) is 7.19. The van der Waals surface area contributed by atoms with Crippen LogP contribution >= 0.6 is 11.3 Å². The molecule has 2 aromatic carbocycles. The molecule has 0 unspecified atom stereocenters. The van der Waals surface area contributed by atoms with Crippen LogP contribution in [0.15, 0.2) is 35.7 Å². The van der Waals surface area contributed by atoms with Crippen molar-refractivity contribution in [2.75, 3.05) is 14.2 Å². The smallest absolute Gasteiger partial charge is 0.310 e. The summed E-state index contributed by atoms with van der Waals surface area (Å²) in [5.41, 5.74) is 1.68. The van der Waals surface area contributed by atoms with E-state index in [4.69, 9.17) is 9.47 Å². The molecule has 0 spiro atoms. The minimum absolute atomic E-state index is 0.134. The largest absolute Gasteiger partial charge is 0.469 e. The molecule has 0 saturated carbocycles. The minimum atomic E-state index is -0.323. The monoisotopic (exact) mass is 328 g/mol. The van der Waals surface area contributed by atoms with Gasteiger partial charge in [0.25, 0.3) is 0 Å². The van der Waals surface area contributed by atoms with Gasteiger partial charge in [0.2, 0.25) is 0 Å². The zero-order chi connectivity index (χ0) is 16.4. The summed E-state index contributed by atoms with van der Waals surface area (Å²) >= 11 is 1.63. The van der Waals surface area contributed by atoms with Gasteiger partial charge in [0.1, 0.15) is 0 Å². The Bertz CT molecular complexity index is 895. The normalized spacial score (nSPS) is 10.9. The van der Waals surface area contributed by atoms with Gasteiger partial charge in [0, 0.05) is 4.70 Å². The maximum absolute atomic E-state index is 11.9. The van der Waals surface area contributed by atoms with Gasteiger partial charge in [-0.3, -0.25) is 9.59 Å². The molecule has 0 saturated heterocycles. The SMILES string of the molecule is COC(=O)Cc1c(CC(=O)OC)c2ccsc2c2ccccc12. The molecule has 0 bridgehead atoms. The van der Waals surface area contributed by atoms with Gasteiger partial charge in [0.05, 0.1) is 27.1 Å². The Kier molecular flexibility index (Phi) is 4.30. The Hall–Kier alpha value is -2.40. The van der Waals surface area contributed by atoms with Gasteiger partial charge in [-0.1, -0.05) is 24.3 Å². The molecule has 0 aliphatic carbocycles. The van der Waals surface area contributed by atoms with E-state index in [2.05, 4.69) is 0 Å². The lowest BCUT2D eigenvalue weighted by Gasteiger charge is -2.14. The van der Waals surface area contributed by atoms with Crippen molar-refractivity contribution in [3.8, 4) is 0 Å². The van der Waals surface area contributed by atoms with Crippen molar-refractivity contribution in [2.45, 2.75) is 12.8 Å². The van der Waals surface area contributed by atoms with E-state index in [9.17, 15) is 9.59 Å². The third-order valence-corrected chi connectivity index (χ3v) is 4.90. The number of fused-ring (bicyclic) bond motifs is 3. The molecular formula is C18H16O4S. The third-order valence-electron chi connectivity index (χ3n) is 3.95. The average Bonchev–Trinajstić information content (AvgIpc) is 3.07. The summed E-state index contributed by atoms with van der Waals surface area (Å²) in [5.74, 6) is -0.644. The van der Waals surface area contributed by atoms with Crippen molar-refractivity contribution in [3.05, 3.63) is 46.8 Å². The standard InChI is InChI=1S/C18H16O4S/c1-21-16(19)9-14-11-5-3-4-6-12(11)18-13(7-8-23-18)15(14)10-17(20)22-2/h3-8H,9-10H2,1-2H3. The Balaban J connectivity index is 2.33. The molecule has 0 atom stereocenters. The predicted molar refractivity (Wildman–Crippen MR) is 90.8 cm³/mol. The van der Waals surface area contributed by atoms with Crippen LogP contribution in [-0.2, 0) is 31.9 Å². The molecule has 5 heteroatoms. The second-order valence-electron chi connectivity index (χ2n) is 5.17. The van der Waals surface area contributed by atoms with E-state index in [1.165, 1.54) is 14.2 Å². The molecule has 118 valence electrons. The van der Waals surface area contributed by atoms with Gasteiger partial charge >= 0.3 is 11.9 Å². The van der Waals surface area contributed by atoms with Crippen LogP contribution in [0, 0.1) is 0 Å². The molecule has 3 aromatic rings. The summed E-state index contributed by atoms with van der Waals surface area (Å²) in [6.45, 7) is 0. The minimum Gasteiger partial charge on any atom is -0.469 e. The third kappa shape index (κ3) is 2.80. The van der Waals surface area contributed by atoms with E-state index >= 15 is 0 Å². The molecule has 23 heavy (non-hydrogen) atoms. The van der Waals surface area contributed by atoms with Crippen LogP contribution in [0.2, 0.25) is 0 Å². The second-order valence-corrected chi connectivity index (χ2v) is 6.09. The molecule has 0 aliphatic rings. The van der Waals surface area contributed by atoms with Crippen LogP contribution in [0.3, 0.4) is 0 Å². The number of hydrogen-bond acceptors (Lipinski definition) is 5. The number of carbonyl (C=O) groups excluding carboxylic acids is 2. The lowest BCUT2D eigenvalue weighted by molar-refractivity contribution is -0.141. The van der Waals surface area contributed by atoms with Crippen LogP contribution < -0.4 is 0 Å². The van der Waals surface area contributed by atoms with E-state index in [0.717, 1.165) is 32.0 Å². The summed E-state index contributed by atoms with van der Waals surface area (Å²) in [4.78, 5) is 23.7. The van der Waals surface area contributed by atoms with Crippen molar-refractivity contribution in [2.24, 2.45) is 0 Å².